The molecule has 1 aromatic heterocycles. The fourth-order valence-electron chi connectivity index (χ4n) is 3.23. The second-order valence-corrected chi connectivity index (χ2v) is 7.96. The summed E-state index contributed by atoms with van der Waals surface area (Å²) >= 11 is 3.35. The number of aromatic nitrogens is 3. The van der Waals surface area contributed by atoms with E-state index in [-0.39, 0.29) is 24.7 Å². The van der Waals surface area contributed by atoms with E-state index >= 15 is 0 Å². The molecule has 168 valence electrons. The molecule has 0 spiro atoms. The summed E-state index contributed by atoms with van der Waals surface area (Å²) in [5.41, 5.74) is 5.12. The topological polar surface area (TPSA) is 92.1 Å². The van der Waals surface area contributed by atoms with Gasteiger partial charge in [-0.3, -0.25) is 9.36 Å². The highest BCUT2D eigenvalue weighted by atomic mass is 79.9. The van der Waals surface area contributed by atoms with Crippen molar-refractivity contribution < 1.29 is 18.3 Å². The third-order valence-corrected chi connectivity index (χ3v) is 5.38. The van der Waals surface area contributed by atoms with Gasteiger partial charge in [0.1, 0.15) is 18.0 Å². The van der Waals surface area contributed by atoms with Gasteiger partial charge in [0, 0.05) is 4.47 Å². The first-order valence-electron chi connectivity index (χ1n) is 9.74. The third-order valence-electron chi connectivity index (χ3n) is 4.85. The van der Waals surface area contributed by atoms with Gasteiger partial charge in [0.05, 0.1) is 12.2 Å². The van der Waals surface area contributed by atoms with Crippen molar-refractivity contribution in [2.24, 2.45) is 5.73 Å². The van der Waals surface area contributed by atoms with Crippen LogP contribution in [0.1, 0.15) is 21.7 Å². The molecule has 0 bridgehead atoms. The first-order chi connectivity index (χ1) is 15.8. The number of rotatable bonds is 7. The largest absolute Gasteiger partial charge is 0.482 e. The third kappa shape index (κ3) is 4.70. The number of hydrogen-bond acceptors (Lipinski definition) is 4. The number of hydrogen-bond donors (Lipinski definition) is 1. The summed E-state index contributed by atoms with van der Waals surface area (Å²) in [6, 6.07) is 18.2. The number of halogens is 3. The maximum atomic E-state index is 14.6. The zero-order valence-corrected chi connectivity index (χ0v) is 18.6. The molecule has 0 saturated carbocycles. The number of carbonyl (C=O) groups is 1. The molecule has 4 aromatic rings. The molecule has 2 N–H and O–H groups in total. The van der Waals surface area contributed by atoms with Crippen LogP contribution in [0.4, 0.5) is 8.78 Å². The molecule has 0 fully saturated rings. The lowest BCUT2D eigenvalue weighted by atomic mass is 10.1. The minimum atomic E-state index is -1.25. The number of nitrogens with two attached hydrogens (primary N) is 1. The number of benzene rings is 3. The number of primary amides is 1. The van der Waals surface area contributed by atoms with Crippen LogP contribution >= 0.6 is 15.9 Å². The molecule has 0 atom stereocenters. The average molecular weight is 515 g/mol. The smallest absolute Gasteiger partial charge is 0.351 e. The van der Waals surface area contributed by atoms with E-state index in [0.717, 1.165) is 22.2 Å². The Morgan fingerprint density at radius 3 is 2.39 bits per heavy atom. The van der Waals surface area contributed by atoms with Crippen LogP contribution in [-0.2, 0) is 13.2 Å². The maximum Gasteiger partial charge on any atom is 0.351 e. The number of carbonyl (C=O) groups excluding carboxylic acids is 1. The molecule has 0 saturated heterocycles. The van der Waals surface area contributed by atoms with Crippen molar-refractivity contribution in [3.05, 3.63) is 110 Å². The molecule has 33 heavy (non-hydrogen) atoms. The van der Waals surface area contributed by atoms with Gasteiger partial charge in [0.2, 0.25) is 0 Å². The highest BCUT2D eigenvalue weighted by Crippen LogP contribution is 2.24. The summed E-state index contributed by atoms with van der Waals surface area (Å²) < 4.78 is 37.2. The van der Waals surface area contributed by atoms with Crippen molar-refractivity contribution in [3.8, 4) is 11.4 Å². The lowest BCUT2D eigenvalue weighted by Gasteiger charge is -2.10. The molecule has 0 radical (unpaired) electrons. The highest BCUT2D eigenvalue weighted by Gasteiger charge is 2.21. The molecule has 3 aromatic carbocycles. The lowest BCUT2D eigenvalue weighted by Crippen LogP contribution is -2.25. The van der Waals surface area contributed by atoms with E-state index < -0.39 is 28.8 Å². The molecule has 0 unspecified atom stereocenters. The van der Waals surface area contributed by atoms with E-state index in [9.17, 15) is 18.4 Å². The van der Waals surface area contributed by atoms with Gasteiger partial charge in [-0.15, -0.1) is 5.10 Å². The predicted octanol–water partition coefficient (Wildman–Crippen LogP) is 3.80. The molecule has 0 aliphatic rings. The van der Waals surface area contributed by atoms with Crippen LogP contribution in [0.15, 0.2) is 76.0 Å². The fourth-order valence-corrected chi connectivity index (χ4v) is 3.50. The van der Waals surface area contributed by atoms with Crippen LogP contribution < -0.4 is 16.2 Å². The SMILES string of the molecule is NC(=O)c1c(F)ccc(OCc2nn(-c3ccc(Br)cc3)c(=O)n2Cc2ccccc2)c1F. The Bertz CT molecular complexity index is 1370. The van der Waals surface area contributed by atoms with E-state index in [1.165, 1.54) is 9.25 Å². The molecular weight excluding hydrogens is 498 g/mol. The minimum absolute atomic E-state index is 0.202. The quantitative estimate of drug-likeness (QED) is 0.406. The van der Waals surface area contributed by atoms with E-state index in [0.29, 0.717) is 5.69 Å². The zero-order valence-electron chi connectivity index (χ0n) is 17.0. The van der Waals surface area contributed by atoms with Crippen molar-refractivity contribution in [3.63, 3.8) is 0 Å². The van der Waals surface area contributed by atoms with Gasteiger partial charge in [-0.25, -0.2) is 13.6 Å². The van der Waals surface area contributed by atoms with Gasteiger partial charge >= 0.3 is 5.69 Å². The van der Waals surface area contributed by atoms with Crippen molar-refractivity contribution in [2.45, 2.75) is 13.2 Å². The van der Waals surface area contributed by atoms with Gasteiger partial charge in [-0.1, -0.05) is 46.3 Å². The number of nitrogens with zero attached hydrogens (tertiary/aromatic N) is 3. The molecule has 1 amide bonds. The Labute approximate surface area is 195 Å². The summed E-state index contributed by atoms with van der Waals surface area (Å²) in [4.78, 5) is 24.5. The summed E-state index contributed by atoms with van der Waals surface area (Å²) in [7, 11) is 0. The van der Waals surface area contributed by atoms with Gasteiger partial charge in [-0.05, 0) is 42.0 Å². The highest BCUT2D eigenvalue weighted by molar-refractivity contribution is 9.10. The molecular formula is C23H17BrF2N4O3. The monoisotopic (exact) mass is 514 g/mol. The van der Waals surface area contributed by atoms with E-state index in [4.69, 9.17) is 10.5 Å². The minimum Gasteiger partial charge on any atom is -0.482 e. The Kier molecular flexibility index (Phi) is 6.36. The van der Waals surface area contributed by atoms with Crippen LogP contribution in [0, 0.1) is 11.6 Å². The fraction of sp³-hybridized carbons (Fsp3) is 0.0870. The van der Waals surface area contributed by atoms with E-state index in [2.05, 4.69) is 21.0 Å². The van der Waals surface area contributed by atoms with E-state index in [1.807, 2.05) is 30.3 Å². The summed E-state index contributed by atoms with van der Waals surface area (Å²) in [5, 5.41) is 4.36. The second kappa shape index (κ2) is 9.37. The van der Waals surface area contributed by atoms with Crippen LogP contribution in [0.25, 0.3) is 5.69 Å². The predicted molar refractivity (Wildman–Crippen MR) is 120 cm³/mol. The zero-order chi connectivity index (χ0) is 23.5. The van der Waals surface area contributed by atoms with Crippen LogP contribution in [0.5, 0.6) is 5.75 Å². The summed E-state index contributed by atoms with van der Waals surface area (Å²) in [5.74, 6) is -3.74. The Morgan fingerprint density at radius 1 is 1.03 bits per heavy atom. The van der Waals surface area contributed by atoms with Crippen LogP contribution in [0.2, 0.25) is 0 Å². The van der Waals surface area contributed by atoms with Crippen molar-refractivity contribution in [1.29, 1.82) is 0 Å². The average Bonchev–Trinajstić information content (AvgIpc) is 3.09. The van der Waals surface area contributed by atoms with Crippen molar-refractivity contribution in [1.82, 2.24) is 14.3 Å². The maximum absolute atomic E-state index is 14.6. The second-order valence-electron chi connectivity index (χ2n) is 7.05. The molecule has 1 heterocycles. The standard InChI is InChI=1S/C23H17BrF2N4O3/c24-15-6-8-16(9-7-15)30-23(32)29(12-14-4-2-1-3-5-14)19(28-30)13-33-18-11-10-17(25)20(21(18)26)22(27)31/h1-11H,12-13H2,(H2,27,31). The molecule has 7 nitrogen and oxygen atoms in total. The Balaban J connectivity index is 1.72. The molecule has 10 heteroatoms. The number of amides is 1. The van der Waals surface area contributed by atoms with Gasteiger partial charge in [-0.2, -0.15) is 4.68 Å². The molecule has 0 aliphatic heterocycles. The van der Waals surface area contributed by atoms with Crippen LogP contribution in [-0.4, -0.2) is 20.3 Å². The number of ether oxygens (including phenoxy) is 1. The van der Waals surface area contributed by atoms with Gasteiger partial charge < -0.3 is 10.5 Å². The van der Waals surface area contributed by atoms with Gasteiger partial charge in [0.25, 0.3) is 5.91 Å². The Hall–Kier alpha value is -3.79. The van der Waals surface area contributed by atoms with E-state index in [1.54, 1.807) is 24.3 Å². The lowest BCUT2D eigenvalue weighted by molar-refractivity contribution is 0.0991. The summed E-state index contributed by atoms with van der Waals surface area (Å²) in [6.07, 6.45) is 0. The molecule has 0 aliphatic carbocycles. The van der Waals surface area contributed by atoms with Gasteiger partial charge in [0.15, 0.2) is 17.4 Å². The summed E-state index contributed by atoms with van der Waals surface area (Å²) in [6.45, 7) is -0.111. The Morgan fingerprint density at radius 2 is 1.73 bits per heavy atom. The first kappa shape index (κ1) is 22.4. The van der Waals surface area contributed by atoms with Crippen molar-refractivity contribution in [2.75, 3.05) is 0 Å². The van der Waals surface area contributed by atoms with Crippen LogP contribution in [0.3, 0.4) is 0 Å². The molecule has 4 rings (SSSR count). The van der Waals surface area contributed by atoms with Crippen molar-refractivity contribution >= 4 is 21.8 Å². The normalized spacial score (nSPS) is 10.9. The first-order valence-corrected chi connectivity index (χ1v) is 10.5.